The Morgan fingerprint density at radius 3 is 2.09 bits per heavy atom. The van der Waals surface area contributed by atoms with Gasteiger partial charge in [0.15, 0.2) is 17.5 Å². The van der Waals surface area contributed by atoms with E-state index < -0.39 is 10.4 Å². The van der Waals surface area contributed by atoms with Crippen LogP contribution in [0.25, 0.3) is 0 Å². The minimum atomic E-state index is -4.67. The molecule has 0 aliphatic heterocycles. The first-order chi connectivity index (χ1) is 10.2. The Hall–Kier alpha value is -2.04. The third-order valence-corrected chi connectivity index (χ3v) is 2.05. The minimum absolute atomic E-state index is 0.0804. The lowest BCUT2D eigenvalue weighted by Crippen LogP contribution is -2.22. The number of nitrogens with zero attached hydrogens (tertiary/aromatic N) is 1. The van der Waals surface area contributed by atoms with Gasteiger partial charge in [0.05, 0.1) is 19.8 Å². The minimum Gasteiger partial charge on any atom is -0.490 e. The van der Waals surface area contributed by atoms with Crippen LogP contribution in [-0.4, -0.2) is 36.7 Å². The summed E-state index contributed by atoms with van der Waals surface area (Å²) in [6.07, 6.45) is 0. The number of aliphatic imine (C=N–C) groups is 1. The van der Waals surface area contributed by atoms with Gasteiger partial charge in [0.25, 0.3) is 0 Å². The average molecular weight is 335 g/mol. The van der Waals surface area contributed by atoms with Crippen LogP contribution in [0.2, 0.25) is 0 Å². The molecule has 0 unspecified atom stereocenters. The van der Waals surface area contributed by atoms with E-state index >= 15 is 0 Å². The molecule has 9 nitrogen and oxygen atoms in total. The monoisotopic (exact) mass is 335 g/mol. The van der Waals surface area contributed by atoms with Crippen molar-refractivity contribution >= 4 is 16.4 Å². The van der Waals surface area contributed by atoms with Gasteiger partial charge >= 0.3 is 10.4 Å². The lowest BCUT2D eigenvalue weighted by molar-refractivity contribution is 0.287. The van der Waals surface area contributed by atoms with E-state index in [0.717, 1.165) is 17.1 Å². The van der Waals surface area contributed by atoms with E-state index in [1.807, 2.05) is 32.0 Å². The summed E-state index contributed by atoms with van der Waals surface area (Å²) < 4.78 is 42.5. The van der Waals surface area contributed by atoms with Crippen LogP contribution in [-0.2, 0) is 16.9 Å². The van der Waals surface area contributed by atoms with Gasteiger partial charge in [-0.05, 0) is 31.5 Å². The van der Waals surface area contributed by atoms with E-state index in [4.69, 9.17) is 38.5 Å². The van der Waals surface area contributed by atoms with Crippen molar-refractivity contribution in [3.63, 3.8) is 0 Å². The standard InChI is InChI=1S/C12H19N3O2.H2O4S/c1-3-16-10-6-5-9(8-15-12(13)14)7-11(10)17-4-2;1-5(2,3)4/h5-7H,3-4,8H2,1-2H3,(H4,13,14,15);(H2,1,2,3,4). The molecule has 0 bridgehead atoms. The summed E-state index contributed by atoms with van der Waals surface area (Å²) in [6, 6.07) is 5.67. The summed E-state index contributed by atoms with van der Waals surface area (Å²) in [4.78, 5) is 3.95. The molecule has 10 heteroatoms. The van der Waals surface area contributed by atoms with Crippen LogP contribution in [0, 0.1) is 0 Å². The van der Waals surface area contributed by atoms with E-state index in [2.05, 4.69) is 4.99 Å². The Kier molecular flexibility index (Phi) is 8.91. The molecule has 1 aromatic rings. The van der Waals surface area contributed by atoms with E-state index in [1.54, 1.807) is 0 Å². The second-order valence-corrected chi connectivity index (χ2v) is 4.73. The Morgan fingerprint density at radius 2 is 1.64 bits per heavy atom. The zero-order valence-electron chi connectivity index (χ0n) is 12.4. The molecule has 0 heterocycles. The summed E-state index contributed by atoms with van der Waals surface area (Å²) in [5.41, 5.74) is 11.5. The molecular formula is C12H21N3O6S. The van der Waals surface area contributed by atoms with Gasteiger partial charge in [-0.15, -0.1) is 0 Å². The normalized spacial score (nSPS) is 10.2. The van der Waals surface area contributed by atoms with E-state index in [1.165, 1.54) is 0 Å². The van der Waals surface area contributed by atoms with Gasteiger partial charge in [0.2, 0.25) is 0 Å². The second kappa shape index (κ2) is 9.82. The lowest BCUT2D eigenvalue weighted by atomic mass is 10.2. The highest BCUT2D eigenvalue weighted by Crippen LogP contribution is 2.28. The maximum Gasteiger partial charge on any atom is 0.394 e. The summed E-state index contributed by atoms with van der Waals surface area (Å²) in [5.74, 6) is 1.54. The molecule has 0 aliphatic carbocycles. The first-order valence-corrected chi connectivity index (χ1v) is 7.70. The lowest BCUT2D eigenvalue weighted by Gasteiger charge is -2.11. The third kappa shape index (κ3) is 10.7. The quantitative estimate of drug-likeness (QED) is 0.334. The van der Waals surface area contributed by atoms with Gasteiger partial charge < -0.3 is 20.9 Å². The predicted molar refractivity (Wildman–Crippen MR) is 82.5 cm³/mol. The van der Waals surface area contributed by atoms with Crippen LogP contribution >= 0.6 is 0 Å². The van der Waals surface area contributed by atoms with Crippen molar-refractivity contribution in [3.05, 3.63) is 23.8 Å². The van der Waals surface area contributed by atoms with Gasteiger partial charge in [-0.1, -0.05) is 6.07 Å². The maximum absolute atomic E-state index is 8.74. The largest absolute Gasteiger partial charge is 0.490 e. The Labute approximate surface area is 129 Å². The van der Waals surface area contributed by atoms with E-state index in [0.29, 0.717) is 19.8 Å². The van der Waals surface area contributed by atoms with Crippen LogP contribution in [0.15, 0.2) is 23.2 Å². The number of guanidine groups is 1. The van der Waals surface area contributed by atoms with Crippen molar-refractivity contribution in [2.24, 2.45) is 16.5 Å². The molecular weight excluding hydrogens is 314 g/mol. The fourth-order valence-electron chi connectivity index (χ4n) is 1.38. The average Bonchev–Trinajstić information content (AvgIpc) is 2.37. The highest BCUT2D eigenvalue weighted by Gasteiger charge is 2.05. The molecule has 0 spiro atoms. The van der Waals surface area contributed by atoms with Crippen LogP contribution in [0.1, 0.15) is 19.4 Å². The topological polar surface area (TPSA) is 157 Å². The molecule has 126 valence electrons. The summed E-state index contributed by atoms with van der Waals surface area (Å²) in [6.45, 7) is 5.50. The summed E-state index contributed by atoms with van der Waals surface area (Å²) in [5, 5.41) is 0. The number of benzene rings is 1. The molecule has 0 aliphatic rings. The van der Waals surface area contributed by atoms with Gasteiger partial charge in [0.1, 0.15) is 0 Å². The van der Waals surface area contributed by atoms with Gasteiger partial charge in [-0.3, -0.25) is 9.11 Å². The Morgan fingerprint density at radius 1 is 1.14 bits per heavy atom. The maximum atomic E-state index is 8.74. The molecule has 0 atom stereocenters. The first kappa shape index (κ1) is 20.0. The number of hydrogen-bond donors (Lipinski definition) is 4. The zero-order chi connectivity index (χ0) is 17.2. The molecule has 0 saturated carbocycles. The fraction of sp³-hybridized carbons (Fsp3) is 0.417. The Bertz CT molecular complexity index is 577. The van der Waals surface area contributed by atoms with Crippen LogP contribution in [0.4, 0.5) is 0 Å². The van der Waals surface area contributed by atoms with Crippen molar-refractivity contribution < 1.29 is 27.0 Å². The van der Waals surface area contributed by atoms with Gasteiger partial charge in [-0.25, -0.2) is 4.99 Å². The predicted octanol–water partition coefficient (Wildman–Crippen LogP) is 0.605. The number of rotatable bonds is 6. The van der Waals surface area contributed by atoms with Gasteiger partial charge in [-0.2, -0.15) is 8.42 Å². The highest BCUT2D eigenvalue weighted by atomic mass is 32.3. The van der Waals surface area contributed by atoms with Crippen molar-refractivity contribution in [2.45, 2.75) is 20.4 Å². The van der Waals surface area contributed by atoms with Crippen LogP contribution < -0.4 is 20.9 Å². The van der Waals surface area contributed by atoms with Crippen molar-refractivity contribution in [3.8, 4) is 11.5 Å². The smallest absolute Gasteiger partial charge is 0.394 e. The van der Waals surface area contributed by atoms with Crippen LogP contribution in [0.5, 0.6) is 11.5 Å². The Balaban J connectivity index is 0.000000763. The molecule has 0 saturated heterocycles. The molecule has 22 heavy (non-hydrogen) atoms. The molecule has 0 aromatic heterocycles. The first-order valence-electron chi connectivity index (χ1n) is 6.31. The van der Waals surface area contributed by atoms with Crippen LogP contribution in [0.3, 0.4) is 0 Å². The zero-order valence-corrected chi connectivity index (χ0v) is 13.2. The number of ether oxygens (including phenoxy) is 2. The molecule has 0 radical (unpaired) electrons. The van der Waals surface area contributed by atoms with E-state index in [9.17, 15) is 0 Å². The molecule has 1 rings (SSSR count). The SMILES string of the molecule is CCOc1ccc(CN=C(N)N)cc1OCC.O=S(=O)(O)O. The second-order valence-electron chi connectivity index (χ2n) is 3.84. The van der Waals surface area contributed by atoms with Crippen molar-refractivity contribution in [1.29, 1.82) is 0 Å². The van der Waals surface area contributed by atoms with Gasteiger partial charge in [0, 0.05) is 0 Å². The molecule has 0 fully saturated rings. The highest BCUT2D eigenvalue weighted by molar-refractivity contribution is 7.79. The summed E-state index contributed by atoms with van der Waals surface area (Å²) in [7, 11) is -4.67. The molecule has 6 N–H and O–H groups in total. The van der Waals surface area contributed by atoms with Crippen molar-refractivity contribution in [1.82, 2.24) is 0 Å². The third-order valence-electron chi connectivity index (χ3n) is 2.05. The van der Waals surface area contributed by atoms with Crippen molar-refractivity contribution in [2.75, 3.05) is 13.2 Å². The van der Waals surface area contributed by atoms with E-state index in [-0.39, 0.29) is 5.96 Å². The number of hydrogen-bond acceptors (Lipinski definition) is 5. The fourth-order valence-corrected chi connectivity index (χ4v) is 1.38. The molecule has 0 amide bonds. The number of nitrogens with two attached hydrogens (primary N) is 2. The molecule has 1 aromatic carbocycles. The summed E-state index contributed by atoms with van der Waals surface area (Å²) >= 11 is 0.